The molecule has 262 valence electrons. The number of carbonyl (C=O) groups is 2. The maximum Gasteiger partial charge on any atom is 0.339 e. The molecular formula is C41H60N4O3. The summed E-state index contributed by atoms with van der Waals surface area (Å²) in [5.41, 5.74) is 5.22. The van der Waals surface area contributed by atoms with E-state index in [0.717, 1.165) is 63.1 Å². The smallest absolute Gasteiger partial charge is 0.339 e. The molecule has 0 aromatic heterocycles. The monoisotopic (exact) mass is 656 g/mol. The second-order valence-electron chi connectivity index (χ2n) is 16.3. The number of nitrogens with zero attached hydrogens (tertiary/aromatic N) is 3. The predicted molar refractivity (Wildman–Crippen MR) is 193 cm³/mol. The van der Waals surface area contributed by atoms with Gasteiger partial charge in [-0.1, -0.05) is 42.5 Å². The highest BCUT2D eigenvalue weighted by Crippen LogP contribution is 2.46. The summed E-state index contributed by atoms with van der Waals surface area (Å²) in [6.45, 7) is 20.8. The minimum Gasteiger partial charge on any atom is -0.449 e. The fourth-order valence-corrected chi connectivity index (χ4v) is 9.37. The third-order valence-electron chi connectivity index (χ3n) is 12.6. The van der Waals surface area contributed by atoms with Crippen molar-refractivity contribution in [2.24, 2.45) is 5.41 Å². The molecule has 1 aliphatic carbocycles. The zero-order chi connectivity index (χ0) is 34.1. The minimum atomic E-state index is -0.377. The van der Waals surface area contributed by atoms with Crippen LogP contribution in [0.3, 0.4) is 0 Å². The Morgan fingerprint density at radius 1 is 0.646 bits per heavy atom. The summed E-state index contributed by atoms with van der Waals surface area (Å²) in [4.78, 5) is 31.1. The Kier molecular flexibility index (Phi) is 10.4. The van der Waals surface area contributed by atoms with Gasteiger partial charge in [0.05, 0.1) is 11.0 Å². The van der Waals surface area contributed by atoms with Gasteiger partial charge in [0, 0.05) is 56.3 Å². The predicted octanol–water partition coefficient (Wildman–Crippen LogP) is 6.54. The van der Waals surface area contributed by atoms with Crippen LogP contribution in [0.1, 0.15) is 114 Å². The van der Waals surface area contributed by atoms with Gasteiger partial charge in [-0.15, -0.1) is 0 Å². The third-order valence-corrected chi connectivity index (χ3v) is 12.6. The van der Waals surface area contributed by atoms with Gasteiger partial charge in [-0.2, -0.15) is 0 Å². The van der Waals surface area contributed by atoms with Gasteiger partial charge in [0.25, 0.3) is 0 Å². The lowest BCUT2D eigenvalue weighted by Gasteiger charge is -2.41. The van der Waals surface area contributed by atoms with Crippen molar-refractivity contribution >= 4 is 11.9 Å². The van der Waals surface area contributed by atoms with Crippen molar-refractivity contribution in [2.45, 2.75) is 122 Å². The van der Waals surface area contributed by atoms with E-state index in [1.54, 1.807) is 11.1 Å². The highest BCUT2D eigenvalue weighted by molar-refractivity contribution is 5.94. The first-order valence-electron chi connectivity index (χ1n) is 18.9. The number of carbonyl (C=O) groups excluding carboxylic acids is 2. The van der Waals surface area contributed by atoms with Crippen LogP contribution in [0, 0.1) is 5.41 Å². The van der Waals surface area contributed by atoms with Crippen LogP contribution in [0.2, 0.25) is 0 Å². The van der Waals surface area contributed by atoms with Crippen LogP contribution in [0.5, 0.6) is 0 Å². The van der Waals surface area contributed by atoms with Gasteiger partial charge in [-0.05, 0) is 129 Å². The Bertz CT molecular complexity index is 1450. The summed E-state index contributed by atoms with van der Waals surface area (Å²) in [5.74, 6) is 0.133. The number of hydrogen-bond donors (Lipinski definition) is 1. The van der Waals surface area contributed by atoms with Crippen LogP contribution in [-0.4, -0.2) is 90.5 Å². The number of benzene rings is 2. The molecule has 1 amide bonds. The van der Waals surface area contributed by atoms with Gasteiger partial charge in [-0.25, -0.2) is 4.79 Å². The number of ether oxygens (including phenoxy) is 1. The lowest BCUT2D eigenvalue weighted by molar-refractivity contribution is -0.130. The maximum atomic E-state index is 11.9. The summed E-state index contributed by atoms with van der Waals surface area (Å²) in [5, 5.41) is 2.97. The Morgan fingerprint density at radius 3 is 1.92 bits per heavy atom. The highest BCUT2D eigenvalue weighted by atomic mass is 16.6. The normalized spacial score (nSPS) is 28.0. The van der Waals surface area contributed by atoms with Crippen molar-refractivity contribution < 1.29 is 14.3 Å². The van der Waals surface area contributed by atoms with Gasteiger partial charge in [0.1, 0.15) is 0 Å². The highest BCUT2D eigenvalue weighted by Gasteiger charge is 2.50. The molecule has 7 heteroatoms. The molecular weight excluding hydrogens is 596 g/mol. The summed E-state index contributed by atoms with van der Waals surface area (Å²) in [6.07, 6.45) is 9.62. The van der Waals surface area contributed by atoms with Gasteiger partial charge < -0.3 is 15.0 Å². The number of rotatable bonds is 3. The van der Waals surface area contributed by atoms with Crippen LogP contribution in [-0.2, 0) is 27.0 Å². The van der Waals surface area contributed by atoms with E-state index in [1.807, 2.05) is 24.3 Å². The first-order valence-corrected chi connectivity index (χ1v) is 18.9. The molecule has 8 rings (SSSR count). The molecule has 3 spiro atoms. The maximum absolute atomic E-state index is 11.9. The van der Waals surface area contributed by atoms with Crippen LogP contribution in [0.25, 0.3) is 0 Å². The zero-order valence-electron chi connectivity index (χ0n) is 30.5. The molecule has 6 aliphatic rings. The largest absolute Gasteiger partial charge is 0.449 e. The van der Waals surface area contributed by atoms with Crippen LogP contribution < -0.4 is 5.32 Å². The Labute approximate surface area is 289 Å². The fraction of sp³-hybridized carbons (Fsp3) is 0.659. The van der Waals surface area contributed by atoms with E-state index in [9.17, 15) is 9.59 Å². The molecule has 5 aliphatic heterocycles. The van der Waals surface area contributed by atoms with Gasteiger partial charge >= 0.3 is 5.97 Å². The first-order chi connectivity index (χ1) is 23.0. The van der Waals surface area contributed by atoms with E-state index < -0.39 is 0 Å². The molecule has 4 saturated heterocycles. The van der Waals surface area contributed by atoms with Crippen molar-refractivity contribution in [1.82, 2.24) is 20.0 Å². The molecule has 48 heavy (non-hydrogen) atoms. The van der Waals surface area contributed by atoms with E-state index >= 15 is 0 Å². The van der Waals surface area contributed by atoms with Crippen molar-refractivity contribution in [3.63, 3.8) is 0 Å². The van der Waals surface area contributed by atoms with Crippen LogP contribution in [0.15, 0.2) is 48.5 Å². The van der Waals surface area contributed by atoms with E-state index in [0.29, 0.717) is 29.4 Å². The SMILES string of the molecule is CC(C)N1CCC2(C1)OC(=O)c1ccccc12.CC(C)N1CCC2(CCc3ccccc32)CC1.CC(C)N1CCCC2(CCNC2=O)C1. The molecule has 2 aromatic carbocycles. The number of likely N-dealkylation sites (tertiary alicyclic amines) is 3. The van der Waals surface area contributed by atoms with Gasteiger partial charge in [0.2, 0.25) is 5.91 Å². The molecule has 4 fully saturated rings. The molecule has 0 bridgehead atoms. The second-order valence-corrected chi connectivity index (χ2v) is 16.3. The molecule has 2 atom stereocenters. The number of nitrogens with one attached hydrogen (secondary N) is 1. The first kappa shape index (κ1) is 35.1. The number of fused-ring (bicyclic) bond motifs is 4. The summed E-state index contributed by atoms with van der Waals surface area (Å²) in [6, 6.07) is 18.7. The van der Waals surface area contributed by atoms with Crippen molar-refractivity contribution in [1.29, 1.82) is 0 Å². The number of hydrogen-bond acceptors (Lipinski definition) is 6. The topological polar surface area (TPSA) is 65.1 Å². The Morgan fingerprint density at radius 2 is 1.27 bits per heavy atom. The molecule has 2 unspecified atom stereocenters. The minimum absolute atomic E-state index is 0.0392. The van der Waals surface area contributed by atoms with E-state index in [1.165, 1.54) is 45.2 Å². The second kappa shape index (κ2) is 14.2. The Hall–Kier alpha value is -2.74. The Balaban J connectivity index is 0.000000126. The molecule has 0 saturated carbocycles. The summed E-state index contributed by atoms with van der Waals surface area (Å²) < 4.78 is 5.68. The third kappa shape index (κ3) is 6.84. The van der Waals surface area contributed by atoms with Gasteiger partial charge in [-0.3, -0.25) is 14.6 Å². The summed E-state index contributed by atoms with van der Waals surface area (Å²) in [7, 11) is 0. The van der Waals surface area contributed by atoms with E-state index in [4.69, 9.17) is 4.74 Å². The van der Waals surface area contributed by atoms with Crippen molar-refractivity contribution in [2.75, 3.05) is 45.8 Å². The number of piperidine rings is 2. The van der Waals surface area contributed by atoms with E-state index in [2.05, 4.69) is 85.8 Å². The molecule has 5 heterocycles. The standard InChI is InChI=1S/C16H23N.C14H17NO2.C11H20N2O/c1-13(2)17-11-9-16(10-12-17)8-7-14-5-3-4-6-15(14)16;1-10(2)15-8-7-14(9-15)12-6-4-3-5-11(12)13(16)17-14;1-9(2)13-7-3-4-11(8-13)5-6-12-10(11)14/h3-6,13H,7-12H2,1-2H3;3-6,10H,7-9H2,1-2H3;9H,3-8H2,1-2H3,(H,12,14). The lowest BCUT2D eigenvalue weighted by atomic mass is 9.73. The quantitative estimate of drug-likeness (QED) is 0.379. The molecule has 1 N–H and O–H groups in total. The number of aryl methyl sites for hydroxylation is 1. The lowest BCUT2D eigenvalue weighted by Crippen LogP contribution is -2.49. The number of amides is 1. The zero-order valence-corrected chi connectivity index (χ0v) is 30.5. The average molecular weight is 657 g/mol. The van der Waals surface area contributed by atoms with Gasteiger partial charge in [0.15, 0.2) is 5.60 Å². The van der Waals surface area contributed by atoms with Crippen molar-refractivity contribution in [3.05, 3.63) is 70.8 Å². The van der Waals surface area contributed by atoms with Crippen LogP contribution >= 0.6 is 0 Å². The molecule has 7 nitrogen and oxygen atoms in total. The molecule has 0 radical (unpaired) electrons. The average Bonchev–Trinajstić information content (AvgIpc) is 3.84. The summed E-state index contributed by atoms with van der Waals surface area (Å²) >= 11 is 0. The molecule has 2 aromatic rings. The van der Waals surface area contributed by atoms with E-state index in [-0.39, 0.29) is 17.0 Å². The fourth-order valence-electron chi connectivity index (χ4n) is 9.37. The van der Waals surface area contributed by atoms with Crippen molar-refractivity contribution in [3.8, 4) is 0 Å². The van der Waals surface area contributed by atoms with Crippen LogP contribution in [0.4, 0.5) is 0 Å². The number of esters is 1.